The van der Waals surface area contributed by atoms with Gasteiger partial charge in [-0.2, -0.15) is 0 Å². The first kappa shape index (κ1) is 21.1. The smallest absolute Gasteiger partial charge is 0.303 e. The van der Waals surface area contributed by atoms with Gasteiger partial charge in [-0.3, -0.25) is 4.52 Å². The van der Waals surface area contributed by atoms with Gasteiger partial charge in [0.15, 0.2) is 0 Å². The first-order valence-electron chi connectivity index (χ1n) is 8.66. The largest absolute Gasteiger partial charge is 0.469 e. The van der Waals surface area contributed by atoms with Gasteiger partial charge in [-0.1, -0.05) is 78.6 Å². The summed E-state index contributed by atoms with van der Waals surface area (Å²) in [5.74, 6) is 0.511. The standard InChI is InChI=1S/C16H35O4P/c1-4-7-9-10-11-13-16(20-21(17,18)19)14-15(6-3)12-8-5-2/h15-16H,4-14H2,1-3H3,(H2,17,18,19). The molecule has 0 saturated heterocycles. The molecule has 5 heteroatoms. The van der Waals surface area contributed by atoms with Crippen LogP contribution < -0.4 is 0 Å². The molecule has 0 rings (SSSR count). The lowest BCUT2D eigenvalue weighted by molar-refractivity contribution is 0.101. The van der Waals surface area contributed by atoms with Crippen LogP contribution >= 0.6 is 7.82 Å². The van der Waals surface area contributed by atoms with Gasteiger partial charge in [0.25, 0.3) is 0 Å². The Morgan fingerprint density at radius 2 is 1.52 bits per heavy atom. The molecule has 128 valence electrons. The van der Waals surface area contributed by atoms with Gasteiger partial charge in [0.1, 0.15) is 0 Å². The molecule has 0 aliphatic carbocycles. The molecule has 0 saturated carbocycles. The van der Waals surface area contributed by atoms with Crippen molar-refractivity contribution in [1.29, 1.82) is 0 Å². The van der Waals surface area contributed by atoms with Gasteiger partial charge in [0.2, 0.25) is 0 Å². The van der Waals surface area contributed by atoms with Crippen LogP contribution in [0, 0.1) is 5.92 Å². The van der Waals surface area contributed by atoms with Crippen LogP contribution in [0.1, 0.15) is 91.4 Å². The van der Waals surface area contributed by atoms with Crippen LogP contribution in [0.3, 0.4) is 0 Å². The average molecular weight is 322 g/mol. The van der Waals surface area contributed by atoms with Gasteiger partial charge in [-0.05, 0) is 18.8 Å². The van der Waals surface area contributed by atoms with Crippen molar-refractivity contribution in [3.8, 4) is 0 Å². The maximum atomic E-state index is 11.1. The van der Waals surface area contributed by atoms with E-state index in [9.17, 15) is 4.57 Å². The van der Waals surface area contributed by atoms with Gasteiger partial charge in [-0.25, -0.2) is 4.57 Å². The Morgan fingerprint density at radius 3 is 2.05 bits per heavy atom. The molecule has 0 aliphatic rings. The summed E-state index contributed by atoms with van der Waals surface area (Å²) in [6.07, 6.45) is 11.5. The number of hydrogen-bond donors (Lipinski definition) is 2. The van der Waals surface area contributed by atoms with Gasteiger partial charge >= 0.3 is 7.82 Å². The fourth-order valence-electron chi connectivity index (χ4n) is 2.74. The number of phosphoric acid groups is 1. The first-order valence-corrected chi connectivity index (χ1v) is 10.2. The molecular formula is C16H35O4P. The van der Waals surface area contributed by atoms with E-state index in [1.807, 2.05) is 0 Å². The maximum absolute atomic E-state index is 11.1. The Balaban J connectivity index is 4.26. The van der Waals surface area contributed by atoms with E-state index in [0.717, 1.165) is 44.9 Å². The fraction of sp³-hybridized carbons (Fsp3) is 1.00. The zero-order valence-corrected chi connectivity index (χ0v) is 15.0. The van der Waals surface area contributed by atoms with Crippen LogP contribution in [0.15, 0.2) is 0 Å². The molecule has 0 aromatic heterocycles. The molecule has 21 heavy (non-hydrogen) atoms. The van der Waals surface area contributed by atoms with Gasteiger partial charge < -0.3 is 9.79 Å². The minimum Gasteiger partial charge on any atom is -0.303 e. The first-order chi connectivity index (χ1) is 9.92. The number of hydrogen-bond acceptors (Lipinski definition) is 2. The normalized spacial score (nSPS) is 15.1. The van der Waals surface area contributed by atoms with Gasteiger partial charge in [-0.15, -0.1) is 0 Å². The second-order valence-electron chi connectivity index (χ2n) is 6.07. The quantitative estimate of drug-likeness (QED) is 0.330. The molecule has 4 nitrogen and oxygen atoms in total. The van der Waals surface area contributed by atoms with Crippen LogP contribution in [-0.2, 0) is 9.09 Å². The fourth-order valence-corrected chi connectivity index (χ4v) is 3.32. The van der Waals surface area contributed by atoms with Crippen molar-refractivity contribution in [1.82, 2.24) is 0 Å². The minimum absolute atomic E-state index is 0.297. The zero-order valence-electron chi connectivity index (χ0n) is 14.1. The highest BCUT2D eigenvalue weighted by atomic mass is 31.2. The number of phosphoric ester groups is 1. The van der Waals surface area contributed by atoms with E-state index in [0.29, 0.717) is 5.92 Å². The second-order valence-corrected chi connectivity index (χ2v) is 7.27. The summed E-state index contributed by atoms with van der Waals surface area (Å²) in [5.41, 5.74) is 0. The molecule has 2 atom stereocenters. The Hall–Kier alpha value is 0.110. The highest BCUT2D eigenvalue weighted by Gasteiger charge is 2.24. The van der Waals surface area contributed by atoms with E-state index in [1.54, 1.807) is 0 Å². The summed E-state index contributed by atoms with van der Waals surface area (Å²) >= 11 is 0. The Bertz CT molecular complexity index is 277. The van der Waals surface area contributed by atoms with Crippen LogP contribution in [-0.4, -0.2) is 15.9 Å². The maximum Gasteiger partial charge on any atom is 0.469 e. The zero-order chi connectivity index (χ0) is 16.1. The molecule has 0 heterocycles. The van der Waals surface area contributed by atoms with Crippen molar-refractivity contribution in [2.75, 3.05) is 0 Å². The molecular weight excluding hydrogens is 287 g/mol. The third kappa shape index (κ3) is 13.5. The van der Waals surface area contributed by atoms with E-state index < -0.39 is 7.82 Å². The lowest BCUT2D eigenvalue weighted by atomic mass is 9.91. The van der Waals surface area contributed by atoms with Crippen LogP contribution in [0.5, 0.6) is 0 Å². The van der Waals surface area contributed by atoms with Crippen LogP contribution in [0.4, 0.5) is 0 Å². The molecule has 2 unspecified atom stereocenters. The minimum atomic E-state index is -4.38. The molecule has 0 aromatic carbocycles. The third-order valence-electron chi connectivity index (χ3n) is 4.06. The predicted molar refractivity (Wildman–Crippen MR) is 88.2 cm³/mol. The third-order valence-corrected chi connectivity index (χ3v) is 4.63. The highest BCUT2D eigenvalue weighted by molar-refractivity contribution is 7.46. The molecule has 0 bridgehead atoms. The van der Waals surface area contributed by atoms with E-state index in [-0.39, 0.29) is 6.10 Å². The highest BCUT2D eigenvalue weighted by Crippen LogP contribution is 2.40. The van der Waals surface area contributed by atoms with Crippen LogP contribution in [0.25, 0.3) is 0 Å². The van der Waals surface area contributed by atoms with Crippen molar-refractivity contribution in [2.45, 2.75) is 97.5 Å². The Kier molecular flexibility index (Phi) is 12.7. The summed E-state index contributed by atoms with van der Waals surface area (Å²) in [6.45, 7) is 6.50. The van der Waals surface area contributed by atoms with Crippen molar-refractivity contribution in [3.05, 3.63) is 0 Å². The molecule has 0 fully saturated rings. The molecule has 2 N–H and O–H groups in total. The van der Waals surface area contributed by atoms with Crippen molar-refractivity contribution < 1.29 is 18.9 Å². The average Bonchev–Trinajstić information content (AvgIpc) is 2.41. The Morgan fingerprint density at radius 1 is 0.905 bits per heavy atom. The van der Waals surface area contributed by atoms with Crippen molar-refractivity contribution >= 4 is 7.82 Å². The van der Waals surface area contributed by atoms with E-state index in [4.69, 9.17) is 14.3 Å². The van der Waals surface area contributed by atoms with E-state index in [1.165, 1.54) is 25.7 Å². The summed E-state index contributed by atoms with van der Waals surface area (Å²) in [7, 11) is -4.38. The number of unbranched alkanes of at least 4 members (excludes halogenated alkanes) is 5. The van der Waals surface area contributed by atoms with Crippen molar-refractivity contribution in [2.24, 2.45) is 5.92 Å². The summed E-state index contributed by atoms with van der Waals surface area (Å²) in [4.78, 5) is 18.2. The topological polar surface area (TPSA) is 66.8 Å². The van der Waals surface area contributed by atoms with Gasteiger partial charge in [0, 0.05) is 0 Å². The van der Waals surface area contributed by atoms with E-state index in [2.05, 4.69) is 20.8 Å². The SMILES string of the molecule is CCCCCCCC(CC(CC)CCCC)OP(=O)(O)O. The Labute approximate surface area is 130 Å². The molecule has 0 aromatic rings. The summed E-state index contributed by atoms with van der Waals surface area (Å²) in [5, 5.41) is 0. The molecule has 0 spiro atoms. The number of rotatable bonds is 14. The summed E-state index contributed by atoms with van der Waals surface area (Å²) in [6, 6.07) is 0. The lowest BCUT2D eigenvalue weighted by Crippen LogP contribution is -2.17. The second kappa shape index (κ2) is 12.6. The van der Waals surface area contributed by atoms with E-state index >= 15 is 0 Å². The molecule has 0 aliphatic heterocycles. The summed E-state index contributed by atoms with van der Waals surface area (Å²) < 4.78 is 16.2. The molecule has 0 amide bonds. The van der Waals surface area contributed by atoms with Crippen LogP contribution in [0.2, 0.25) is 0 Å². The monoisotopic (exact) mass is 322 g/mol. The lowest BCUT2D eigenvalue weighted by Gasteiger charge is -2.23. The van der Waals surface area contributed by atoms with Gasteiger partial charge in [0.05, 0.1) is 6.10 Å². The van der Waals surface area contributed by atoms with Crippen molar-refractivity contribution in [3.63, 3.8) is 0 Å². The molecule has 0 radical (unpaired) electrons. The predicted octanol–water partition coefficient (Wildman–Crippen LogP) is 5.43.